The van der Waals surface area contributed by atoms with Crippen LogP contribution in [-0.2, 0) is 32.6 Å². The third kappa shape index (κ3) is 8.44. The minimum atomic E-state index is -3.79. The molecule has 0 saturated heterocycles. The number of benzene rings is 3. The number of carbonyl (C=O) groups is 2. The molecule has 10 heteroatoms. The van der Waals surface area contributed by atoms with E-state index in [0.29, 0.717) is 17.3 Å². The lowest BCUT2D eigenvalue weighted by Crippen LogP contribution is -2.53. The van der Waals surface area contributed by atoms with Gasteiger partial charge in [0.1, 0.15) is 12.6 Å². The van der Waals surface area contributed by atoms with Gasteiger partial charge in [0, 0.05) is 28.1 Å². The van der Waals surface area contributed by atoms with Gasteiger partial charge in [-0.2, -0.15) is 0 Å². The van der Waals surface area contributed by atoms with Crippen LogP contribution >= 0.6 is 34.2 Å². The standard InChI is InChI=1S/C27H29ClIN3O4S/c1-3-30-27(34)25(17-20-7-5-4-6-8-20)31(18-21-9-11-22(28)12-10-21)26(33)19-32(37(2,35)36)24-15-13-23(29)14-16-24/h4-16,25H,3,17-19H2,1-2H3,(H,30,34)/t25-/m1/s1. The fourth-order valence-corrected chi connectivity index (χ4v) is 5.19. The Labute approximate surface area is 237 Å². The number of hydrogen-bond donors (Lipinski definition) is 1. The average Bonchev–Trinajstić information content (AvgIpc) is 2.86. The molecule has 7 nitrogen and oxygen atoms in total. The first-order valence-electron chi connectivity index (χ1n) is 11.7. The molecule has 196 valence electrons. The summed E-state index contributed by atoms with van der Waals surface area (Å²) >= 11 is 8.18. The van der Waals surface area contributed by atoms with Gasteiger partial charge in [0.25, 0.3) is 0 Å². The van der Waals surface area contributed by atoms with E-state index in [-0.39, 0.29) is 18.9 Å². The van der Waals surface area contributed by atoms with Gasteiger partial charge in [-0.05, 0) is 77.0 Å². The van der Waals surface area contributed by atoms with E-state index in [1.165, 1.54) is 4.90 Å². The van der Waals surface area contributed by atoms with Crippen LogP contribution in [0.5, 0.6) is 0 Å². The van der Waals surface area contributed by atoms with Gasteiger partial charge in [0.05, 0.1) is 11.9 Å². The highest BCUT2D eigenvalue weighted by Gasteiger charge is 2.32. The normalized spacial score (nSPS) is 12.0. The van der Waals surface area contributed by atoms with Crippen LogP contribution in [0.25, 0.3) is 0 Å². The van der Waals surface area contributed by atoms with E-state index in [0.717, 1.165) is 25.3 Å². The minimum absolute atomic E-state index is 0.106. The second kappa shape index (κ2) is 13.3. The molecule has 3 aromatic carbocycles. The van der Waals surface area contributed by atoms with E-state index in [9.17, 15) is 18.0 Å². The fraction of sp³-hybridized carbons (Fsp3) is 0.259. The van der Waals surface area contributed by atoms with Crippen LogP contribution in [-0.4, -0.2) is 50.5 Å². The quantitative estimate of drug-likeness (QED) is 0.309. The van der Waals surface area contributed by atoms with Gasteiger partial charge in [-0.1, -0.05) is 54.1 Å². The van der Waals surface area contributed by atoms with Crippen molar-refractivity contribution in [1.82, 2.24) is 10.2 Å². The molecule has 0 aliphatic carbocycles. The third-order valence-electron chi connectivity index (χ3n) is 5.68. The highest BCUT2D eigenvalue weighted by atomic mass is 127. The molecule has 0 heterocycles. The van der Waals surface area contributed by atoms with Crippen LogP contribution in [0.2, 0.25) is 5.02 Å². The number of rotatable bonds is 11. The number of nitrogens with zero attached hydrogens (tertiary/aromatic N) is 2. The van der Waals surface area contributed by atoms with Crippen LogP contribution in [0.15, 0.2) is 78.9 Å². The molecule has 3 rings (SSSR count). The summed E-state index contributed by atoms with van der Waals surface area (Å²) in [6.07, 6.45) is 1.33. The van der Waals surface area contributed by atoms with E-state index in [1.54, 1.807) is 48.5 Å². The molecule has 3 aromatic rings. The SMILES string of the molecule is CCNC(=O)[C@@H](Cc1ccccc1)N(Cc1ccc(Cl)cc1)C(=O)CN(c1ccc(I)cc1)S(C)(=O)=O. The zero-order valence-electron chi connectivity index (χ0n) is 20.6. The molecule has 1 N–H and O–H groups in total. The molecule has 37 heavy (non-hydrogen) atoms. The predicted molar refractivity (Wildman–Crippen MR) is 156 cm³/mol. The van der Waals surface area contributed by atoms with Gasteiger partial charge in [-0.3, -0.25) is 13.9 Å². The summed E-state index contributed by atoms with van der Waals surface area (Å²) in [5, 5.41) is 3.38. The molecule has 0 saturated carbocycles. The first-order valence-corrected chi connectivity index (χ1v) is 15.0. The molecule has 2 amide bonds. The maximum atomic E-state index is 13.9. The van der Waals surface area contributed by atoms with E-state index in [1.807, 2.05) is 37.3 Å². The van der Waals surface area contributed by atoms with Gasteiger partial charge < -0.3 is 10.2 Å². The maximum Gasteiger partial charge on any atom is 0.244 e. The Morgan fingerprint density at radius 3 is 2.14 bits per heavy atom. The van der Waals surface area contributed by atoms with E-state index in [4.69, 9.17) is 11.6 Å². The predicted octanol–water partition coefficient (Wildman–Crippen LogP) is 4.49. The van der Waals surface area contributed by atoms with Crippen LogP contribution in [0.1, 0.15) is 18.1 Å². The largest absolute Gasteiger partial charge is 0.355 e. The van der Waals surface area contributed by atoms with Crippen molar-refractivity contribution in [2.75, 3.05) is 23.7 Å². The molecule has 0 aromatic heterocycles. The van der Waals surface area contributed by atoms with Crippen molar-refractivity contribution in [2.45, 2.75) is 25.9 Å². The Balaban J connectivity index is 2.02. The summed E-state index contributed by atoms with van der Waals surface area (Å²) in [6.45, 7) is 1.86. The monoisotopic (exact) mass is 653 g/mol. The van der Waals surface area contributed by atoms with Gasteiger partial charge >= 0.3 is 0 Å². The first-order chi connectivity index (χ1) is 17.6. The van der Waals surface area contributed by atoms with Crippen molar-refractivity contribution >= 4 is 61.7 Å². The summed E-state index contributed by atoms with van der Waals surface area (Å²) in [7, 11) is -3.79. The van der Waals surface area contributed by atoms with Crippen molar-refractivity contribution < 1.29 is 18.0 Å². The number of carbonyl (C=O) groups excluding carboxylic acids is 2. The van der Waals surface area contributed by atoms with E-state index in [2.05, 4.69) is 27.9 Å². The van der Waals surface area contributed by atoms with Crippen LogP contribution in [0, 0.1) is 3.57 Å². The maximum absolute atomic E-state index is 13.9. The Bertz CT molecular complexity index is 1300. The molecule has 0 aliphatic rings. The fourth-order valence-electron chi connectivity index (χ4n) is 3.85. The topological polar surface area (TPSA) is 86.8 Å². The lowest BCUT2D eigenvalue weighted by atomic mass is 10.0. The molecule has 0 fully saturated rings. The van der Waals surface area contributed by atoms with Crippen molar-refractivity contribution in [3.63, 3.8) is 0 Å². The smallest absolute Gasteiger partial charge is 0.244 e. The Morgan fingerprint density at radius 2 is 1.57 bits per heavy atom. The lowest BCUT2D eigenvalue weighted by molar-refractivity contribution is -0.140. The molecule has 1 atom stereocenters. The minimum Gasteiger partial charge on any atom is -0.355 e. The van der Waals surface area contributed by atoms with Crippen LogP contribution in [0.4, 0.5) is 5.69 Å². The zero-order chi connectivity index (χ0) is 27.0. The van der Waals surface area contributed by atoms with Crippen LogP contribution in [0.3, 0.4) is 0 Å². The number of amides is 2. The number of anilines is 1. The lowest BCUT2D eigenvalue weighted by Gasteiger charge is -2.33. The summed E-state index contributed by atoms with van der Waals surface area (Å²) < 4.78 is 27.5. The molecular weight excluding hydrogens is 625 g/mol. The number of likely N-dealkylation sites (N-methyl/N-ethyl adjacent to an activating group) is 1. The molecule has 0 bridgehead atoms. The second-order valence-electron chi connectivity index (χ2n) is 8.49. The Kier molecular flexibility index (Phi) is 10.4. The van der Waals surface area contributed by atoms with E-state index >= 15 is 0 Å². The number of sulfonamides is 1. The molecule has 0 unspecified atom stereocenters. The summed E-state index contributed by atoms with van der Waals surface area (Å²) in [4.78, 5) is 28.6. The Hall–Kier alpha value is -2.63. The number of hydrogen-bond acceptors (Lipinski definition) is 4. The summed E-state index contributed by atoms with van der Waals surface area (Å²) in [6, 6.07) is 22.4. The summed E-state index contributed by atoms with van der Waals surface area (Å²) in [5.41, 5.74) is 2.02. The van der Waals surface area contributed by atoms with Crippen LogP contribution < -0.4 is 9.62 Å². The van der Waals surface area contributed by atoms with E-state index < -0.39 is 28.5 Å². The molecule has 0 spiro atoms. The number of halogens is 2. The average molecular weight is 654 g/mol. The molecule has 0 aliphatic heterocycles. The van der Waals surface area contributed by atoms with Crippen molar-refractivity contribution in [2.24, 2.45) is 0 Å². The van der Waals surface area contributed by atoms with Gasteiger partial charge in [0.2, 0.25) is 21.8 Å². The van der Waals surface area contributed by atoms with Crippen molar-refractivity contribution in [3.05, 3.63) is 98.6 Å². The number of nitrogens with one attached hydrogen (secondary N) is 1. The Morgan fingerprint density at radius 1 is 0.946 bits per heavy atom. The third-order valence-corrected chi connectivity index (χ3v) is 7.79. The van der Waals surface area contributed by atoms with Crippen molar-refractivity contribution in [1.29, 1.82) is 0 Å². The van der Waals surface area contributed by atoms with Crippen molar-refractivity contribution in [3.8, 4) is 0 Å². The first kappa shape index (κ1) is 28.9. The molecular formula is C27H29ClIN3O4S. The van der Waals surface area contributed by atoms with Gasteiger partial charge in [-0.15, -0.1) is 0 Å². The summed E-state index contributed by atoms with van der Waals surface area (Å²) in [5.74, 6) is -0.806. The second-order valence-corrected chi connectivity index (χ2v) is 12.1. The molecule has 0 radical (unpaired) electrons. The highest BCUT2D eigenvalue weighted by Crippen LogP contribution is 2.22. The highest BCUT2D eigenvalue weighted by molar-refractivity contribution is 14.1. The van der Waals surface area contributed by atoms with Gasteiger partial charge in [-0.25, -0.2) is 8.42 Å². The van der Waals surface area contributed by atoms with Gasteiger partial charge in [0.15, 0.2) is 0 Å². The zero-order valence-corrected chi connectivity index (χ0v) is 24.3.